The average molecular weight is 504 g/mol. The van der Waals surface area contributed by atoms with E-state index in [2.05, 4.69) is 36.5 Å². The molecule has 34 heavy (non-hydrogen) atoms. The summed E-state index contributed by atoms with van der Waals surface area (Å²) >= 11 is 1.40. The van der Waals surface area contributed by atoms with Crippen LogP contribution in [-0.4, -0.2) is 47.7 Å². The van der Waals surface area contributed by atoms with Gasteiger partial charge in [0.25, 0.3) is 0 Å². The standard InChI is InChI=1S/C27H38NO4PS/c1-4-5-6-7-9-12-21(2)17-25(29)28-23-15-16-32-27(18-23,31-3)24-20-34-26(30)33(24)19-22-13-10-8-11-14-22/h6-8,10-11,13-14,17,23-24H,4-5,9,12,15-16,18-20H2,1-3H3,(H,28,29)/b7-6-,21-17-. The topological polar surface area (TPSA) is 64.6 Å². The van der Waals surface area contributed by atoms with Crippen LogP contribution >= 0.6 is 19.7 Å². The number of rotatable bonds is 11. The second-order valence-corrected chi connectivity index (χ2v) is 12.6. The first-order valence-corrected chi connectivity index (χ1v) is 14.8. The highest BCUT2D eigenvalue weighted by Crippen LogP contribution is 2.61. The van der Waals surface area contributed by atoms with Gasteiger partial charge in [0.05, 0.1) is 12.3 Å². The summed E-state index contributed by atoms with van der Waals surface area (Å²) in [7, 11) is 0.725. The van der Waals surface area contributed by atoms with E-state index in [-0.39, 0.29) is 22.5 Å². The van der Waals surface area contributed by atoms with E-state index < -0.39 is 13.7 Å². The Labute approximate surface area is 209 Å². The minimum Gasteiger partial charge on any atom is -0.352 e. The molecule has 0 aliphatic carbocycles. The van der Waals surface area contributed by atoms with Crippen LogP contribution in [-0.2, 0) is 20.4 Å². The molecule has 0 spiro atoms. The monoisotopic (exact) mass is 503 g/mol. The van der Waals surface area contributed by atoms with Crippen LogP contribution in [0.15, 0.2) is 54.1 Å². The third kappa shape index (κ3) is 7.52. The second kappa shape index (κ2) is 13.6. The number of allylic oxidation sites excluding steroid dienone is 3. The predicted molar refractivity (Wildman–Crippen MR) is 143 cm³/mol. The Morgan fingerprint density at radius 2 is 2.06 bits per heavy atom. The van der Waals surface area contributed by atoms with Crippen molar-refractivity contribution in [2.75, 3.05) is 19.5 Å². The molecule has 2 heterocycles. The van der Waals surface area contributed by atoms with Crippen LogP contribution in [0, 0.1) is 0 Å². The van der Waals surface area contributed by atoms with Gasteiger partial charge in [0.1, 0.15) is 0 Å². The summed E-state index contributed by atoms with van der Waals surface area (Å²) in [6, 6.07) is 10.1. The maximum atomic E-state index is 12.8. The van der Waals surface area contributed by atoms with Crippen molar-refractivity contribution in [2.24, 2.45) is 0 Å². The van der Waals surface area contributed by atoms with Gasteiger partial charge in [-0.3, -0.25) is 9.59 Å². The molecule has 2 aliphatic rings. The smallest absolute Gasteiger partial charge is 0.244 e. The fraction of sp³-hybridized carbons (Fsp3) is 0.556. The number of amides is 1. The summed E-state index contributed by atoms with van der Waals surface area (Å²) in [6.07, 6.45) is 12.3. The van der Waals surface area contributed by atoms with Gasteiger partial charge in [0.2, 0.25) is 10.8 Å². The molecule has 186 valence electrons. The summed E-state index contributed by atoms with van der Waals surface area (Å²) in [6.45, 7) is 4.69. The molecule has 4 unspecified atom stereocenters. The minimum absolute atomic E-state index is 0.0112. The average Bonchev–Trinajstić information content (AvgIpc) is 3.20. The molecule has 3 rings (SSSR count). The van der Waals surface area contributed by atoms with Crippen molar-refractivity contribution in [1.82, 2.24) is 5.32 Å². The Morgan fingerprint density at radius 1 is 1.29 bits per heavy atom. The number of unbranched alkanes of at least 4 members (excludes halogenated alkanes) is 1. The number of carbonyl (C=O) groups excluding carboxylic acids is 2. The van der Waals surface area contributed by atoms with Crippen LogP contribution in [0.2, 0.25) is 0 Å². The van der Waals surface area contributed by atoms with E-state index in [0.717, 1.165) is 43.8 Å². The second-order valence-electron chi connectivity index (χ2n) is 9.06. The van der Waals surface area contributed by atoms with Crippen molar-refractivity contribution >= 4 is 30.4 Å². The van der Waals surface area contributed by atoms with Crippen LogP contribution in [0.25, 0.3) is 0 Å². The van der Waals surface area contributed by atoms with Crippen LogP contribution in [0.1, 0.15) is 57.9 Å². The zero-order valence-corrected chi connectivity index (χ0v) is 22.3. The molecule has 1 aromatic carbocycles. The molecule has 0 saturated carbocycles. The Morgan fingerprint density at radius 3 is 2.79 bits per heavy atom. The molecule has 2 saturated heterocycles. The molecule has 5 nitrogen and oxygen atoms in total. The third-order valence-corrected chi connectivity index (χ3v) is 11.0. The first-order chi connectivity index (χ1) is 16.5. The van der Waals surface area contributed by atoms with Gasteiger partial charge in [-0.25, -0.2) is 0 Å². The Kier molecular flexibility index (Phi) is 10.8. The van der Waals surface area contributed by atoms with Gasteiger partial charge < -0.3 is 14.8 Å². The van der Waals surface area contributed by atoms with E-state index in [9.17, 15) is 9.59 Å². The lowest BCUT2D eigenvalue weighted by Crippen LogP contribution is -2.55. The molecular formula is C27H38NO4PS. The number of benzene rings is 1. The van der Waals surface area contributed by atoms with Gasteiger partial charge in [-0.1, -0.05) is 73.2 Å². The predicted octanol–water partition coefficient (Wildman–Crippen LogP) is 6.62. The van der Waals surface area contributed by atoms with Gasteiger partial charge in [-0.15, -0.1) is 0 Å². The minimum atomic E-state index is -0.945. The van der Waals surface area contributed by atoms with Crippen LogP contribution in [0.5, 0.6) is 0 Å². The molecule has 1 N–H and O–H groups in total. The Balaban J connectivity index is 1.62. The highest BCUT2D eigenvalue weighted by atomic mass is 32.2. The lowest BCUT2D eigenvalue weighted by Gasteiger charge is -2.44. The van der Waals surface area contributed by atoms with E-state index in [4.69, 9.17) is 9.47 Å². The molecule has 1 aromatic rings. The quantitative estimate of drug-likeness (QED) is 0.209. The highest BCUT2D eigenvalue weighted by molar-refractivity contribution is 8.27. The van der Waals surface area contributed by atoms with Gasteiger partial charge in [-0.05, 0) is 46.1 Å². The van der Waals surface area contributed by atoms with Crippen molar-refractivity contribution in [2.45, 2.75) is 76.0 Å². The maximum absolute atomic E-state index is 12.8. The number of ether oxygens (including phenoxy) is 2. The maximum Gasteiger partial charge on any atom is 0.244 e. The van der Waals surface area contributed by atoms with Gasteiger partial charge in [-0.2, -0.15) is 0 Å². The summed E-state index contributed by atoms with van der Waals surface area (Å²) in [4.78, 5) is 25.8. The number of thioether (sulfide) groups is 1. The summed E-state index contributed by atoms with van der Waals surface area (Å²) in [5.41, 5.74) is 2.26. The van der Waals surface area contributed by atoms with Gasteiger partial charge in [0, 0.05) is 37.6 Å². The molecular weight excluding hydrogens is 465 g/mol. The largest absolute Gasteiger partial charge is 0.352 e. The Bertz CT molecular complexity index is 875. The summed E-state index contributed by atoms with van der Waals surface area (Å²) < 4.78 is 12.3. The molecule has 0 aromatic heterocycles. The zero-order chi connectivity index (χ0) is 24.4. The first kappa shape index (κ1) is 27.1. The fourth-order valence-electron chi connectivity index (χ4n) is 4.53. The fourth-order valence-corrected chi connectivity index (χ4v) is 9.46. The van der Waals surface area contributed by atoms with Crippen molar-refractivity contribution in [3.63, 3.8) is 0 Å². The van der Waals surface area contributed by atoms with Crippen molar-refractivity contribution in [1.29, 1.82) is 0 Å². The number of hydrogen-bond acceptors (Lipinski definition) is 5. The number of nitrogens with one attached hydrogen (secondary N) is 1. The van der Waals surface area contributed by atoms with E-state index in [1.54, 1.807) is 13.2 Å². The van der Waals surface area contributed by atoms with Crippen molar-refractivity contribution < 1.29 is 19.1 Å². The SMILES string of the molecule is CCC/C=C\CC/C(C)=C\C(=O)NC1CCOC(OC)(C2CSC(=O)P2Cc2ccccc2)C1. The molecule has 0 bridgehead atoms. The first-order valence-electron chi connectivity index (χ1n) is 12.3. The highest BCUT2D eigenvalue weighted by Gasteiger charge is 2.52. The van der Waals surface area contributed by atoms with Crippen LogP contribution in [0.4, 0.5) is 4.79 Å². The van der Waals surface area contributed by atoms with E-state index in [0.29, 0.717) is 18.8 Å². The molecule has 0 radical (unpaired) electrons. The summed E-state index contributed by atoms with van der Waals surface area (Å²) in [5, 5.41) is 3.17. The lowest BCUT2D eigenvalue weighted by atomic mass is 9.97. The van der Waals surface area contributed by atoms with Crippen LogP contribution in [0.3, 0.4) is 0 Å². The molecule has 2 aliphatic heterocycles. The molecule has 4 atom stereocenters. The Hall–Kier alpha value is -1.46. The van der Waals surface area contributed by atoms with Gasteiger partial charge in [0.15, 0.2) is 5.79 Å². The number of hydrogen-bond donors (Lipinski definition) is 1. The number of carbonyl (C=O) groups is 2. The third-order valence-electron chi connectivity index (χ3n) is 6.42. The molecule has 1 amide bonds. The molecule has 2 fully saturated rings. The lowest BCUT2D eigenvalue weighted by molar-refractivity contribution is -0.244. The van der Waals surface area contributed by atoms with Crippen molar-refractivity contribution in [3.8, 4) is 0 Å². The van der Waals surface area contributed by atoms with E-state index in [1.807, 2.05) is 25.1 Å². The van der Waals surface area contributed by atoms with Gasteiger partial charge >= 0.3 is 0 Å². The molecule has 7 heteroatoms. The van der Waals surface area contributed by atoms with Crippen molar-refractivity contribution in [3.05, 3.63) is 59.7 Å². The normalized spacial score (nSPS) is 27.9. The van der Waals surface area contributed by atoms with Crippen LogP contribution < -0.4 is 5.32 Å². The number of methoxy groups -OCH3 is 1. The van der Waals surface area contributed by atoms with E-state index in [1.165, 1.54) is 17.3 Å². The zero-order valence-electron chi connectivity index (χ0n) is 20.6. The van der Waals surface area contributed by atoms with E-state index >= 15 is 0 Å². The summed E-state index contributed by atoms with van der Waals surface area (Å²) in [5.74, 6) is -0.190.